The summed E-state index contributed by atoms with van der Waals surface area (Å²) in [6.45, 7) is 14.1. The molecule has 0 spiro atoms. The molecule has 0 unspecified atom stereocenters. The predicted molar refractivity (Wildman–Crippen MR) is 120 cm³/mol. The number of hydrogen-bond acceptors (Lipinski definition) is 6. The van der Waals surface area contributed by atoms with E-state index < -0.39 is 0 Å². The SMILES string of the molecule is C=CCn1c(C)nnc1SCc1csc(N(C(C)=O)c2c(C)cc(C)cc2C)n1. The van der Waals surface area contributed by atoms with Crippen molar-refractivity contribution in [3.8, 4) is 0 Å². The number of thioether (sulfide) groups is 1. The lowest BCUT2D eigenvalue weighted by molar-refractivity contribution is -0.115. The number of nitrogens with zero attached hydrogens (tertiary/aromatic N) is 5. The van der Waals surface area contributed by atoms with Gasteiger partial charge in [-0.2, -0.15) is 0 Å². The van der Waals surface area contributed by atoms with Gasteiger partial charge in [-0.1, -0.05) is 35.5 Å². The number of amides is 1. The molecule has 2 heterocycles. The highest BCUT2D eigenvalue weighted by Crippen LogP contribution is 2.35. The van der Waals surface area contributed by atoms with Crippen molar-refractivity contribution in [3.63, 3.8) is 0 Å². The first kappa shape index (κ1) is 21.3. The van der Waals surface area contributed by atoms with Gasteiger partial charge in [-0.15, -0.1) is 28.1 Å². The molecule has 2 aromatic heterocycles. The van der Waals surface area contributed by atoms with Crippen molar-refractivity contribution in [1.29, 1.82) is 0 Å². The van der Waals surface area contributed by atoms with Crippen molar-refractivity contribution >= 4 is 39.8 Å². The van der Waals surface area contributed by atoms with E-state index in [9.17, 15) is 4.79 Å². The normalized spacial score (nSPS) is 10.9. The number of carbonyl (C=O) groups is 1. The quantitative estimate of drug-likeness (QED) is 0.386. The molecule has 0 saturated heterocycles. The van der Waals surface area contributed by atoms with Crippen LogP contribution in [0, 0.1) is 27.7 Å². The molecule has 0 atom stereocenters. The van der Waals surface area contributed by atoms with Gasteiger partial charge < -0.3 is 4.57 Å². The van der Waals surface area contributed by atoms with Crippen molar-refractivity contribution < 1.29 is 4.79 Å². The highest BCUT2D eigenvalue weighted by molar-refractivity contribution is 7.98. The van der Waals surface area contributed by atoms with Crippen molar-refractivity contribution in [2.75, 3.05) is 4.90 Å². The number of hydrogen-bond donors (Lipinski definition) is 0. The van der Waals surface area contributed by atoms with Crippen LogP contribution in [-0.4, -0.2) is 25.7 Å². The first-order chi connectivity index (χ1) is 13.8. The molecule has 0 aliphatic carbocycles. The summed E-state index contributed by atoms with van der Waals surface area (Å²) in [5.41, 5.74) is 5.14. The van der Waals surface area contributed by atoms with Crippen LogP contribution in [0.3, 0.4) is 0 Å². The predicted octanol–water partition coefficient (Wildman–Crippen LogP) is 5.13. The summed E-state index contributed by atoms with van der Waals surface area (Å²) in [6, 6.07) is 4.19. The van der Waals surface area contributed by atoms with E-state index in [-0.39, 0.29) is 5.91 Å². The van der Waals surface area contributed by atoms with Gasteiger partial charge in [0.25, 0.3) is 0 Å². The van der Waals surface area contributed by atoms with E-state index in [1.165, 1.54) is 16.9 Å². The Morgan fingerprint density at radius 2 is 1.93 bits per heavy atom. The van der Waals surface area contributed by atoms with Crippen LogP contribution in [0.2, 0.25) is 0 Å². The summed E-state index contributed by atoms with van der Waals surface area (Å²) in [5.74, 6) is 1.47. The molecule has 0 saturated carbocycles. The van der Waals surface area contributed by atoms with Gasteiger partial charge in [0, 0.05) is 24.6 Å². The monoisotopic (exact) mass is 427 g/mol. The molecule has 1 aromatic carbocycles. The Morgan fingerprint density at radius 3 is 2.55 bits per heavy atom. The van der Waals surface area contributed by atoms with Gasteiger partial charge in [-0.25, -0.2) is 4.98 Å². The van der Waals surface area contributed by atoms with Gasteiger partial charge in [0.05, 0.1) is 11.4 Å². The van der Waals surface area contributed by atoms with Crippen LogP contribution in [0.5, 0.6) is 0 Å². The van der Waals surface area contributed by atoms with E-state index in [1.54, 1.807) is 23.6 Å². The zero-order valence-electron chi connectivity index (χ0n) is 17.4. The van der Waals surface area contributed by atoms with E-state index in [4.69, 9.17) is 4.98 Å². The number of carbonyl (C=O) groups excluding carboxylic acids is 1. The second-order valence-corrected chi connectivity index (χ2v) is 8.72. The highest BCUT2D eigenvalue weighted by Gasteiger charge is 2.22. The van der Waals surface area contributed by atoms with E-state index in [0.29, 0.717) is 17.4 Å². The summed E-state index contributed by atoms with van der Waals surface area (Å²) >= 11 is 3.06. The zero-order chi connectivity index (χ0) is 21.1. The Bertz CT molecular complexity index is 1030. The molecule has 3 aromatic rings. The summed E-state index contributed by atoms with van der Waals surface area (Å²) in [6.07, 6.45) is 1.83. The molecule has 0 aliphatic heterocycles. The van der Waals surface area contributed by atoms with E-state index in [0.717, 1.165) is 33.5 Å². The molecule has 0 bridgehead atoms. The number of allylic oxidation sites excluding steroid dienone is 1. The number of aryl methyl sites for hydroxylation is 4. The minimum Gasteiger partial charge on any atom is -0.302 e. The van der Waals surface area contributed by atoms with Gasteiger partial charge in [0.15, 0.2) is 10.3 Å². The molecule has 3 rings (SSSR count). The Kier molecular flexibility index (Phi) is 6.54. The van der Waals surface area contributed by atoms with Crippen molar-refractivity contribution in [3.05, 3.63) is 58.4 Å². The molecule has 8 heteroatoms. The third-order valence-electron chi connectivity index (χ3n) is 4.47. The number of thiazole rings is 1. The molecule has 0 radical (unpaired) electrons. The highest BCUT2D eigenvalue weighted by atomic mass is 32.2. The molecular weight excluding hydrogens is 402 g/mol. The second kappa shape index (κ2) is 8.92. The lowest BCUT2D eigenvalue weighted by Gasteiger charge is -2.23. The topological polar surface area (TPSA) is 63.9 Å². The maximum absolute atomic E-state index is 12.5. The minimum absolute atomic E-state index is 0.0463. The van der Waals surface area contributed by atoms with Gasteiger partial charge in [-0.05, 0) is 38.8 Å². The minimum atomic E-state index is -0.0463. The summed E-state index contributed by atoms with van der Waals surface area (Å²) in [4.78, 5) is 18.9. The third kappa shape index (κ3) is 4.59. The van der Waals surface area contributed by atoms with Crippen LogP contribution in [0.15, 0.2) is 35.3 Å². The van der Waals surface area contributed by atoms with Gasteiger partial charge >= 0.3 is 0 Å². The summed E-state index contributed by atoms with van der Waals surface area (Å²) < 4.78 is 2.02. The van der Waals surface area contributed by atoms with Gasteiger partial charge in [0.1, 0.15) is 5.82 Å². The number of rotatable bonds is 7. The van der Waals surface area contributed by atoms with Gasteiger partial charge in [0.2, 0.25) is 5.91 Å². The Labute approximate surface area is 179 Å². The van der Waals surface area contributed by atoms with Crippen molar-refractivity contribution in [2.24, 2.45) is 0 Å². The second-order valence-electron chi connectivity index (χ2n) is 6.94. The van der Waals surface area contributed by atoms with Crippen molar-refractivity contribution in [2.45, 2.75) is 52.1 Å². The molecule has 152 valence electrons. The Hall–Kier alpha value is -2.45. The lowest BCUT2D eigenvalue weighted by atomic mass is 10.0. The maximum atomic E-state index is 12.5. The Morgan fingerprint density at radius 1 is 1.24 bits per heavy atom. The molecule has 29 heavy (non-hydrogen) atoms. The molecule has 0 N–H and O–H groups in total. The molecule has 0 aliphatic rings. The largest absolute Gasteiger partial charge is 0.302 e. The van der Waals surface area contributed by atoms with Crippen molar-refractivity contribution in [1.82, 2.24) is 19.7 Å². The number of anilines is 2. The lowest BCUT2D eigenvalue weighted by Crippen LogP contribution is -2.24. The Balaban J connectivity index is 1.84. The van der Waals surface area contributed by atoms with Crippen LogP contribution >= 0.6 is 23.1 Å². The van der Waals surface area contributed by atoms with E-state index in [1.807, 2.05) is 36.8 Å². The molecule has 6 nitrogen and oxygen atoms in total. The summed E-state index contributed by atoms with van der Waals surface area (Å²) in [5, 5.41) is 11.9. The first-order valence-electron chi connectivity index (χ1n) is 9.28. The maximum Gasteiger partial charge on any atom is 0.230 e. The molecular formula is C21H25N5OS2. The average Bonchev–Trinajstić information content (AvgIpc) is 3.24. The smallest absolute Gasteiger partial charge is 0.230 e. The fraction of sp³-hybridized carbons (Fsp3) is 0.333. The fourth-order valence-corrected chi connectivity index (χ4v) is 5.19. The van der Waals surface area contributed by atoms with Crippen LogP contribution < -0.4 is 4.90 Å². The van der Waals surface area contributed by atoms with E-state index in [2.05, 4.69) is 35.8 Å². The third-order valence-corrected chi connectivity index (χ3v) is 6.34. The van der Waals surface area contributed by atoms with Gasteiger partial charge in [-0.3, -0.25) is 9.69 Å². The van der Waals surface area contributed by atoms with Crippen LogP contribution in [0.25, 0.3) is 0 Å². The standard InChI is InChI=1S/C21H25N5OS2/c1-7-8-25-16(5)23-24-21(25)29-12-18-11-28-20(22-18)26(17(6)27)19-14(3)9-13(2)10-15(19)4/h7,9-11H,1,8,12H2,2-6H3. The number of aromatic nitrogens is 4. The van der Waals surface area contributed by atoms with E-state index >= 15 is 0 Å². The number of benzene rings is 1. The summed E-state index contributed by atoms with van der Waals surface area (Å²) in [7, 11) is 0. The molecule has 1 amide bonds. The molecule has 0 fully saturated rings. The average molecular weight is 428 g/mol. The van der Waals surface area contributed by atoms with Crippen LogP contribution in [-0.2, 0) is 17.1 Å². The first-order valence-corrected chi connectivity index (χ1v) is 11.1. The fourth-order valence-electron chi connectivity index (χ4n) is 3.32. The van der Waals surface area contributed by atoms with Crippen LogP contribution in [0.4, 0.5) is 10.8 Å². The van der Waals surface area contributed by atoms with Crippen LogP contribution in [0.1, 0.15) is 35.1 Å². The zero-order valence-corrected chi connectivity index (χ0v) is 19.0.